The van der Waals surface area contributed by atoms with Crippen LogP contribution in [0.15, 0.2) is 0 Å². The van der Waals surface area contributed by atoms with Crippen LogP contribution in [-0.4, -0.2) is 35.1 Å². The molecule has 0 aromatic heterocycles. The van der Waals surface area contributed by atoms with Gasteiger partial charge in [0.15, 0.2) is 0 Å². The van der Waals surface area contributed by atoms with Gasteiger partial charge in [0.2, 0.25) is 5.91 Å². The van der Waals surface area contributed by atoms with Crippen LogP contribution in [-0.2, 0) is 4.79 Å². The summed E-state index contributed by atoms with van der Waals surface area (Å²) in [6, 6.07) is 0. The van der Waals surface area contributed by atoms with E-state index in [-0.39, 0.29) is 12.0 Å². The van der Waals surface area contributed by atoms with E-state index < -0.39 is 0 Å². The van der Waals surface area contributed by atoms with Gasteiger partial charge in [-0.25, -0.2) is 0 Å². The number of hydrogen-bond acceptors (Lipinski definition) is 2. The second kappa shape index (κ2) is 4.27. The summed E-state index contributed by atoms with van der Waals surface area (Å²) in [5.41, 5.74) is 0. The highest BCUT2D eigenvalue weighted by molar-refractivity contribution is 5.82. The van der Waals surface area contributed by atoms with Crippen LogP contribution in [0.3, 0.4) is 0 Å². The molecular weight excluding hydrogens is 214 g/mol. The van der Waals surface area contributed by atoms with Gasteiger partial charge in [0.05, 0.1) is 6.10 Å². The summed E-state index contributed by atoms with van der Waals surface area (Å²) < 4.78 is 0. The zero-order chi connectivity index (χ0) is 12.0. The van der Waals surface area contributed by atoms with Gasteiger partial charge < -0.3 is 10.0 Å². The average Bonchev–Trinajstić information content (AvgIpc) is 3.06. The van der Waals surface area contributed by atoms with Crippen LogP contribution in [0.2, 0.25) is 0 Å². The van der Waals surface area contributed by atoms with Crippen LogP contribution in [0.25, 0.3) is 0 Å². The maximum absolute atomic E-state index is 12.4. The number of piperidine rings is 1. The maximum Gasteiger partial charge on any atom is 0.226 e. The van der Waals surface area contributed by atoms with Gasteiger partial charge in [-0.15, -0.1) is 0 Å². The molecule has 0 spiro atoms. The Morgan fingerprint density at radius 1 is 1.18 bits per heavy atom. The second-order valence-electron chi connectivity index (χ2n) is 6.26. The number of hydrogen-bond donors (Lipinski definition) is 1. The zero-order valence-corrected chi connectivity index (χ0v) is 10.6. The van der Waals surface area contributed by atoms with Gasteiger partial charge in [-0.05, 0) is 37.0 Å². The third kappa shape index (κ3) is 1.99. The van der Waals surface area contributed by atoms with Crippen LogP contribution in [0, 0.1) is 23.7 Å². The van der Waals surface area contributed by atoms with Crippen molar-refractivity contribution < 1.29 is 9.90 Å². The van der Waals surface area contributed by atoms with Crippen molar-refractivity contribution in [2.24, 2.45) is 23.7 Å². The van der Waals surface area contributed by atoms with Crippen molar-refractivity contribution in [2.75, 3.05) is 13.1 Å². The molecule has 0 aromatic rings. The normalized spacial score (nSPS) is 45.3. The van der Waals surface area contributed by atoms with E-state index in [2.05, 4.69) is 0 Å². The van der Waals surface area contributed by atoms with E-state index in [1.54, 1.807) is 0 Å². The Balaban J connectivity index is 1.60. The lowest BCUT2D eigenvalue weighted by atomic mass is 9.96. The number of aliphatic hydroxyl groups is 1. The number of amides is 1. The number of carbonyl (C=O) groups excluding carboxylic acids is 1. The first kappa shape index (κ1) is 11.5. The number of carbonyl (C=O) groups is 1. The molecular formula is C14H23NO2. The predicted molar refractivity (Wildman–Crippen MR) is 65.3 cm³/mol. The number of likely N-dealkylation sites (tertiary alicyclic amines) is 1. The van der Waals surface area contributed by atoms with E-state index >= 15 is 0 Å². The minimum Gasteiger partial charge on any atom is -0.393 e. The van der Waals surface area contributed by atoms with E-state index in [0.29, 0.717) is 23.7 Å². The average molecular weight is 237 g/mol. The Hall–Kier alpha value is -0.570. The minimum absolute atomic E-state index is 0.208. The van der Waals surface area contributed by atoms with Crippen molar-refractivity contribution in [2.45, 2.75) is 45.1 Å². The van der Waals surface area contributed by atoms with Gasteiger partial charge in [0.25, 0.3) is 0 Å². The summed E-state index contributed by atoms with van der Waals surface area (Å²) in [6.07, 6.45) is 5.73. The van der Waals surface area contributed by atoms with Crippen LogP contribution in [0.5, 0.6) is 0 Å². The molecule has 17 heavy (non-hydrogen) atoms. The molecule has 3 rings (SSSR count). The SMILES string of the molecule is CC1CN(C(=O)C2C3CCCCC32)CCC1O. The highest BCUT2D eigenvalue weighted by atomic mass is 16.3. The van der Waals surface area contributed by atoms with Gasteiger partial charge in [-0.3, -0.25) is 4.79 Å². The van der Waals surface area contributed by atoms with Gasteiger partial charge in [0.1, 0.15) is 0 Å². The van der Waals surface area contributed by atoms with Gasteiger partial charge in [-0.1, -0.05) is 19.8 Å². The molecule has 1 N–H and O–H groups in total. The van der Waals surface area contributed by atoms with Crippen LogP contribution in [0.1, 0.15) is 39.0 Å². The number of nitrogens with zero attached hydrogens (tertiary/aromatic N) is 1. The first-order valence-corrected chi connectivity index (χ1v) is 7.15. The summed E-state index contributed by atoms with van der Waals surface area (Å²) in [5.74, 6) is 2.39. The highest BCUT2D eigenvalue weighted by Gasteiger charge is 2.56. The molecule has 0 aromatic carbocycles. The lowest BCUT2D eigenvalue weighted by Crippen LogP contribution is -2.45. The minimum atomic E-state index is -0.208. The van der Waals surface area contributed by atoms with Crippen LogP contribution >= 0.6 is 0 Å². The number of fused-ring (bicyclic) bond motifs is 1. The van der Waals surface area contributed by atoms with E-state index in [4.69, 9.17) is 0 Å². The topological polar surface area (TPSA) is 40.5 Å². The summed E-state index contributed by atoms with van der Waals surface area (Å²) in [7, 11) is 0. The van der Waals surface area contributed by atoms with Crippen molar-refractivity contribution in [3.05, 3.63) is 0 Å². The molecule has 4 atom stereocenters. The highest BCUT2D eigenvalue weighted by Crippen LogP contribution is 2.56. The van der Waals surface area contributed by atoms with E-state index in [9.17, 15) is 9.90 Å². The summed E-state index contributed by atoms with van der Waals surface area (Å²) in [5, 5.41) is 9.70. The van der Waals surface area contributed by atoms with Crippen molar-refractivity contribution in [1.82, 2.24) is 4.90 Å². The molecule has 1 amide bonds. The third-order valence-corrected chi connectivity index (χ3v) is 5.11. The first-order valence-electron chi connectivity index (χ1n) is 7.15. The molecule has 2 saturated carbocycles. The van der Waals surface area contributed by atoms with Crippen molar-refractivity contribution >= 4 is 5.91 Å². The Labute approximate surface area is 103 Å². The fourth-order valence-electron chi connectivity index (χ4n) is 3.90. The second-order valence-corrected chi connectivity index (χ2v) is 6.26. The molecule has 0 radical (unpaired) electrons. The monoisotopic (exact) mass is 237 g/mol. The predicted octanol–water partition coefficient (Wildman–Crippen LogP) is 1.65. The van der Waals surface area contributed by atoms with Crippen LogP contribution < -0.4 is 0 Å². The lowest BCUT2D eigenvalue weighted by molar-refractivity contribution is -0.136. The van der Waals surface area contributed by atoms with Crippen molar-refractivity contribution in [3.8, 4) is 0 Å². The van der Waals surface area contributed by atoms with E-state index in [0.717, 1.165) is 19.5 Å². The molecule has 3 heteroatoms. The van der Waals surface area contributed by atoms with Crippen molar-refractivity contribution in [3.63, 3.8) is 0 Å². The molecule has 4 unspecified atom stereocenters. The molecule has 0 bridgehead atoms. The Kier molecular flexibility index (Phi) is 2.89. The van der Waals surface area contributed by atoms with Crippen molar-refractivity contribution in [1.29, 1.82) is 0 Å². The molecule has 3 nitrogen and oxygen atoms in total. The largest absolute Gasteiger partial charge is 0.393 e. The van der Waals surface area contributed by atoms with E-state index in [1.165, 1.54) is 25.7 Å². The molecule has 1 aliphatic heterocycles. The molecule has 3 aliphatic rings. The first-order chi connectivity index (χ1) is 8.18. The number of aliphatic hydroxyl groups excluding tert-OH is 1. The quantitative estimate of drug-likeness (QED) is 0.753. The van der Waals surface area contributed by atoms with Gasteiger partial charge in [0, 0.05) is 19.0 Å². The summed E-state index contributed by atoms with van der Waals surface area (Å²) >= 11 is 0. The molecule has 1 saturated heterocycles. The Morgan fingerprint density at radius 3 is 2.41 bits per heavy atom. The maximum atomic E-state index is 12.4. The smallest absolute Gasteiger partial charge is 0.226 e. The van der Waals surface area contributed by atoms with Gasteiger partial charge >= 0.3 is 0 Å². The molecule has 2 aliphatic carbocycles. The Morgan fingerprint density at radius 2 is 1.82 bits per heavy atom. The summed E-state index contributed by atoms with van der Waals surface area (Å²) in [6.45, 7) is 3.57. The summed E-state index contributed by atoms with van der Waals surface area (Å²) in [4.78, 5) is 14.4. The number of rotatable bonds is 1. The van der Waals surface area contributed by atoms with Gasteiger partial charge in [-0.2, -0.15) is 0 Å². The standard InChI is InChI=1S/C14H23NO2/c1-9-8-15(7-6-12(9)16)14(17)13-10-4-2-3-5-11(10)13/h9-13,16H,2-8H2,1H3. The van der Waals surface area contributed by atoms with E-state index in [1.807, 2.05) is 11.8 Å². The fraction of sp³-hybridized carbons (Fsp3) is 0.929. The lowest BCUT2D eigenvalue weighted by Gasteiger charge is -2.34. The third-order valence-electron chi connectivity index (χ3n) is 5.11. The zero-order valence-electron chi connectivity index (χ0n) is 10.6. The fourth-order valence-corrected chi connectivity index (χ4v) is 3.90. The molecule has 1 heterocycles. The van der Waals surface area contributed by atoms with Crippen LogP contribution in [0.4, 0.5) is 0 Å². The molecule has 3 fully saturated rings. The Bertz CT molecular complexity index is 305. The molecule has 96 valence electrons.